The molecule has 2 aromatic rings. The van der Waals surface area contributed by atoms with Crippen LogP contribution in [0, 0.1) is 0 Å². The van der Waals surface area contributed by atoms with Crippen molar-refractivity contribution in [3.63, 3.8) is 0 Å². The van der Waals surface area contributed by atoms with Gasteiger partial charge in [-0.05, 0) is 45.1 Å². The standard InChI is InChI=1S/C11H6BrClO2S/c12-10-5-16-4-9(10)6-1-7(11(14)15)3-8(13)2-6/h1-5H,(H,14,15). The van der Waals surface area contributed by atoms with E-state index in [1.807, 2.05) is 10.8 Å². The molecule has 0 fully saturated rings. The van der Waals surface area contributed by atoms with Crippen LogP contribution in [0.3, 0.4) is 0 Å². The Morgan fingerprint density at radius 2 is 2.06 bits per heavy atom. The summed E-state index contributed by atoms with van der Waals surface area (Å²) in [6.45, 7) is 0. The van der Waals surface area contributed by atoms with Crippen molar-refractivity contribution in [2.75, 3.05) is 0 Å². The Morgan fingerprint density at radius 1 is 1.31 bits per heavy atom. The van der Waals surface area contributed by atoms with Crippen molar-refractivity contribution in [1.82, 2.24) is 0 Å². The number of benzene rings is 1. The topological polar surface area (TPSA) is 37.3 Å². The first-order valence-electron chi connectivity index (χ1n) is 4.34. The smallest absolute Gasteiger partial charge is 0.335 e. The van der Waals surface area contributed by atoms with Crippen LogP contribution in [-0.4, -0.2) is 11.1 Å². The van der Waals surface area contributed by atoms with Crippen molar-refractivity contribution in [3.8, 4) is 11.1 Å². The lowest BCUT2D eigenvalue weighted by Gasteiger charge is -2.03. The molecule has 0 aliphatic heterocycles. The van der Waals surface area contributed by atoms with Gasteiger partial charge in [0.2, 0.25) is 0 Å². The van der Waals surface area contributed by atoms with E-state index in [1.54, 1.807) is 23.5 Å². The lowest BCUT2D eigenvalue weighted by molar-refractivity contribution is 0.0697. The van der Waals surface area contributed by atoms with Crippen LogP contribution in [0.1, 0.15) is 10.4 Å². The van der Waals surface area contributed by atoms with E-state index in [4.69, 9.17) is 16.7 Å². The van der Waals surface area contributed by atoms with Crippen molar-refractivity contribution in [2.45, 2.75) is 0 Å². The highest BCUT2D eigenvalue weighted by molar-refractivity contribution is 9.10. The zero-order valence-electron chi connectivity index (χ0n) is 7.91. The van der Waals surface area contributed by atoms with Crippen LogP contribution in [0.2, 0.25) is 5.02 Å². The van der Waals surface area contributed by atoms with Crippen LogP contribution in [0.15, 0.2) is 33.4 Å². The van der Waals surface area contributed by atoms with E-state index >= 15 is 0 Å². The summed E-state index contributed by atoms with van der Waals surface area (Å²) in [5, 5.41) is 13.2. The third kappa shape index (κ3) is 2.29. The first-order valence-corrected chi connectivity index (χ1v) is 6.45. The highest BCUT2D eigenvalue weighted by atomic mass is 79.9. The minimum Gasteiger partial charge on any atom is -0.478 e. The predicted octanol–water partition coefficient (Wildman–Crippen LogP) is 4.53. The van der Waals surface area contributed by atoms with E-state index in [2.05, 4.69) is 15.9 Å². The number of rotatable bonds is 2. The summed E-state index contributed by atoms with van der Waals surface area (Å²) in [4.78, 5) is 10.9. The molecule has 1 N–H and O–H groups in total. The third-order valence-corrected chi connectivity index (χ3v) is 3.99. The van der Waals surface area contributed by atoms with Crippen molar-refractivity contribution in [3.05, 3.63) is 44.0 Å². The van der Waals surface area contributed by atoms with Crippen LogP contribution in [0.4, 0.5) is 0 Å². The molecule has 0 unspecified atom stereocenters. The highest BCUT2D eigenvalue weighted by Gasteiger charge is 2.10. The minimum atomic E-state index is -0.977. The molecular formula is C11H6BrClO2S. The van der Waals surface area contributed by atoms with Gasteiger partial charge < -0.3 is 5.11 Å². The van der Waals surface area contributed by atoms with E-state index in [1.165, 1.54) is 6.07 Å². The number of aromatic carboxylic acids is 1. The second kappa shape index (κ2) is 4.57. The van der Waals surface area contributed by atoms with Crippen molar-refractivity contribution < 1.29 is 9.90 Å². The molecule has 0 spiro atoms. The molecule has 0 aliphatic rings. The zero-order chi connectivity index (χ0) is 11.7. The fourth-order valence-corrected chi connectivity index (χ4v) is 3.12. The second-order valence-electron chi connectivity index (χ2n) is 3.17. The number of carboxylic acids is 1. The molecule has 0 saturated heterocycles. The summed E-state index contributed by atoms with van der Waals surface area (Å²) >= 11 is 10.8. The molecule has 1 aromatic carbocycles. The average Bonchev–Trinajstić information content (AvgIpc) is 2.63. The van der Waals surface area contributed by atoms with Gasteiger partial charge in [0.05, 0.1) is 5.56 Å². The quantitative estimate of drug-likeness (QED) is 0.883. The van der Waals surface area contributed by atoms with Crippen molar-refractivity contribution in [1.29, 1.82) is 0 Å². The molecule has 0 atom stereocenters. The number of halogens is 2. The SMILES string of the molecule is O=C(O)c1cc(Cl)cc(-c2cscc2Br)c1. The molecule has 0 aliphatic carbocycles. The highest BCUT2D eigenvalue weighted by Crippen LogP contribution is 2.33. The Kier molecular flexibility index (Phi) is 3.33. The summed E-state index contributed by atoms with van der Waals surface area (Å²) in [6.07, 6.45) is 0. The van der Waals surface area contributed by atoms with Gasteiger partial charge in [-0.1, -0.05) is 11.6 Å². The number of hydrogen-bond acceptors (Lipinski definition) is 2. The molecule has 82 valence electrons. The minimum absolute atomic E-state index is 0.195. The first kappa shape index (κ1) is 11.6. The van der Waals surface area contributed by atoms with Crippen LogP contribution in [0.25, 0.3) is 11.1 Å². The van der Waals surface area contributed by atoms with Gasteiger partial charge in [0.15, 0.2) is 0 Å². The monoisotopic (exact) mass is 316 g/mol. The predicted molar refractivity (Wildman–Crippen MR) is 69.4 cm³/mol. The van der Waals surface area contributed by atoms with Gasteiger partial charge in [0.25, 0.3) is 0 Å². The summed E-state index contributed by atoms with van der Waals surface area (Å²) < 4.78 is 0.941. The molecule has 2 rings (SSSR count). The number of carbonyl (C=O) groups is 1. The Morgan fingerprint density at radius 3 is 2.62 bits per heavy atom. The van der Waals surface area contributed by atoms with Gasteiger partial charge in [-0.3, -0.25) is 0 Å². The third-order valence-electron chi connectivity index (χ3n) is 2.07. The maximum Gasteiger partial charge on any atom is 0.335 e. The summed E-state index contributed by atoms with van der Waals surface area (Å²) in [7, 11) is 0. The van der Waals surface area contributed by atoms with Crippen molar-refractivity contribution in [2.24, 2.45) is 0 Å². The molecular weight excluding hydrogens is 312 g/mol. The van der Waals surface area contributed by atoms with Gasteiger partial charge in [-0.25, -0.2) is 4.79 Å². The van der Waals surface area contributed by atoms with Gasteiger partial charge >= 0.3 is 5.97 Å². The molecule has 1 aromatic heterocycles. The van der Waals surface area contributed by atoms with E-state index in [-0.39, 0.29) is 5.56 Å². The fourth-order valence-electron chi connectivity index (χ4n) is 1.36. The van der Waals surface area contributed by atoms with Crippen LogP contribution < -0.4 is 0 Å². The number of hydrogen-bond donors (Lipinski definition) is 1. The molecule has 1 heterocycles. The largest absolute Gasteiger partial charge is 0.478 e. The lowest BCUT2D eigenvalue weighted by atomic mass is 10.1. The molecule has 5 heteroatoms. The Hall–Kier alpha value is -0.840. The van der Waals surface area contributed by atoms with Gasteiger partial charge in [0.1, 0.15) is 0 Å². The average molecular weight is 318 g/mol. The molecule has 0 bridgehead atoms. The summed E-state index contributed by atoms with van der Waals surface area (Å²) in [5.74, 6) is -0.977. The van der Waals surface area contributed by atoms with Crippen LogP contribution in [0.5, 0.6) is 0 Å². The normalized spacial score (nSPS) is 10.4. The summed E-state index contributed by atoms with van der Waals surface area (Å²) in [5.41, 5.74) is 1.95. The molecule has 0 radical (unpaired) electrons. The van der Waals surface area contributed by atoms with E-state index in [0.717, 1.165) is 15.6 Å². The maximum absolute atomic E-state index is 10.9. The summed E-state index contributed by atoms with van der Waals surface area (Å²) in [6, 6.07) is 4.80. The lowest BCUT2D eigenvalue weighted by Crippen LogP contribution is -1.96. The van der Waals surface area contributed by atoms with Gasteiger partial charge in [-0.2, -0.15) is 11.3 Å². The molecule has 0 saturated carbocycles. The number of carboxylic acid groups (broad SMARTS) is 1. The van der Waals surface area contributed by atoms with E-state index in [0.29, 0.717) is 5.02 Å². The zero-order valence-corrected chi connectivity index (χ0v) is 11.1. The maximum atomic E-state index is 10.9. The fraction of sp³-hybridized carbons (Fsp3) is 0. The molecule has 2 nitrogen and oxygen atoms in total. The second-order valence-corrected chi connectivity index (χ2v) is 5.20. The van der Waals surface area contributed by atoms with Crippen LogP contribution >= 0.6 is 38.9 Å². The molecule has 0 amide bonds. The Bertz CT molecular complexity index is 551. The first-order chi connectivity index (χ1) is 7.58. The van der Waals surface area contributed by atoms with E-state index in [9.17, 15) is 4.79 Å². The Balaban J connectivity index is 2.58. The van der Waals surface area contributed by atoms with E-state index < -0.39 is 5.97 Å². The van der Waals surface area contributed by atoms with Gasteiger partial charge in [-0.15, -0.1) is 0 Å². The van der Waals surface area contributed by atoms with Crippen molar-refractivity contribution >= 4 is 44.8 Å². The Labute approximate surface area is 110 Å². The van der Waals surface area contributed by atoms with Crippen LogP contribution in [-0.2, 0) is 0 Å². The number of thiophene rings is 1. The molecule has 16 heavy (non-hydrogen) atoms. The van der Waals surface area contributed by atoms with Gasteiger partial charge in [0, 0.05) is 20.4 Å².